The summed E-state index contributed by atoms with van der Waals surface area (Å²) in [6, 6.07) is 13.2. The number of hydrogen-bond acceptors (Lipinski definition) is 6. The zero-order valence-corrected chi connectivity index (χ0v) is 18.9. The van der Waals surface area contributed by atoms with Gasteiger partial charge in [-0.3, -0.25) is 8.37 Å². The maximum absolute atomic E-state index is 12.5. The van der Waals surface area contributed by atoms with Crippen molar-refractivity contribution in [3.05, 3.63) is 59.7 Å². The van der Waals surface area contributed by atoms with Gasteiger partial charge in [-0.25, -0.2) is 0 Å². The van der Waals surface area contributed by atoms with E-state index in [9.17, 15) is 16.8 Å². The minimum atomic E-state index is -3.81. The Labute approximate surface area is 179 Å². The van der Waals surface area contributed by atoms with Crippen LogP contribution in [0, 0.1) is 13.8 Å². The lowest BCUT2D eigenvalue weighted by molar-refractivity contribution is 0.128. The minimum absolute atomic E-state index is 0.153. The normalized spacial score (nSPS) is 21.0. The van der Waals surface area contributed by atoms with Crippen LogP contribution < -0.4 is 0 Å². The van der Waals surface area contributed by atoms with Crippen molar-refractivity contribution in [3.63, 3.8) is 0 Å². The largest absolute Gasteiger partial charge is 0.297 e. The Morgan fingerprint density at radius 3 is 1.20 bits per heavy atom. The van der Waals surface area contributed by atoms with Crippen molar-refractivity contribution in [1.29, 1.82) is 0 Å². The van der Waals surface area contributed by atoms with E-state index in [-0.39, 0.29) is 9.79 Å². The second-order valence-electron chi connectivity index (χ2n) is 7.83. The van der Waals surface area contributed by atoms with Gasteiger partial charge < -0.3 is 0 Å². The summed E-state index contributed by atoms with van der Waals surface area (Å²) < 4.78 is 61.0. The molecule has 30 heavy (non-hydrogen) atoms. The summed E-state index contributed by atoms with van der Waals surface area (Å²) in [6.07, 6.45) is 2.58. The smallest absolute Gasteiger partial charge is 0.263 e. The summed E-state index contributed by atoms with van der Waals surface area (Å²) in [5.41, 5.74) is 1.96. The molecule has 0 amide bonds. The molecule has 1 aliphatic carbocycles. The Kier molecular flexibility index (Phi) is 7.34. The van der Waals surface area contributed by atoms with E-state index in [0.717, 1.165) is 11.1 Å². The standard InChI is InChI=1S/C22H28O6S2/c1-17-9-13-21(14-10-17)29(23,24)27-19-5-3-7-20(8-4-6-19)28-30(25,26)22-15-11-18(2)12-16-22/h9-16,19-20H,3-8H2,1-2H3. The molecule has 0 aromatic heterocycles. The van der Waals surface area contributed by atoms with Gasteiger partial charge in [0, 0.05) is 0 Å². The monoisotopic (exact) mass is 452 g/mol. The molecule has 0 unspecified atom stereocenters. The third-order valence-electron chi connectivity index (χ3n) is 5.25. The molecule has 0 heterocycles. The van der Waals surface area contributed by atoms with E-state index in [4.69, 9.17) is 8.37 Å². The molecule has 1 aliphatic rings. The van der Waals surface area contributed by atoms with Gasteiger partial charge in [0.2, 0.25) is 0 Å². The maximum atomic E-state index is 12.5. The molecular formula is C22H28O6S2. The van der Waals surface area contributed by atoms with Crippen LogP contribution in [0.2, 0.25) is 0 Å². The van der Waals surface area contributed by atoms with Crippen LogP contribution in [0.1, 0.15) is 49.7 Å². The van der Waals surface area contributed by atoms with Gasteiger partial charge in [-0.2, -0.15) is 16.8 Å². The lowest BCUT2D eigenvalue weighted by Gasteiger charge is -2.24. The summed E-state index contributed by atoms with van der Waals surface area (Å²) >= 11 is 0. The van der Waals surface area contributed by atoms with Crippen LogP contribution in [0.3, 0.4) is 0 Å². The quantitative estimate of drug-likeness (QED) is 0.600. The van der Waals surface area contributed by atoms with Gasteiger partial charge in [0.1, 0.15) is 0 Å². The average molecular weight is 453 g/mol. The van der Waals surface area contributed by atoms with E-state index in [1.54, 1.807) is 48.5 Å². The Bertz CT molecular complexity index is 946. The van der Waals surface area contributed by atoms with Gasteiger partial charge in [0.05, 0.1) is 22.0 Å². The SMILES string of the molecule is Cc1ccc(S(=O)(=O)OC2CCCC(OS(=O)(=O)c3ccc(C)cc3)CCC2)cc1. The number of rotatable bonds is 6. The third kappa shape index (κ3) is 6.14. The predicted molar refractivity (Wildman–Crippen MR) is 114 cm³/mol. The number of aryl methyl sites for hydroxylation is 2. The molecule has 0 spiro atoms. The molecule has 0 bridgehead atoms. The molecule has 2 aromatic rings. The Morgan fingerprint density at radius 2 is 0.900 bits per heavy atom. The lowest BCUT2D eigenvalue weighted by Crippen LogP contribution is -2.25. The van der Waals surface area contributed by atoms with Gasteiger partial charge in [-0.1, -0.05) is 35.4 Å². The summed E-state index contributed by atoms with van der Waals surface area (Å²) in [4.78, 5) is 0.307. The Hall–Kier alpha value is -1.74. The Morgan fingerprint density at radius 1 is 0.600 bits per heavy atom. The van der Waals surface area contributed by atoms with Crippen LogP contribution in [0.4, 0.5) is 0 Å². The summed E-state index contributed by atoms with van der Waals surface area (Å²) in [7, 11) is -7.63. The van der Waals surface area contributed by atoms with Gasteiger partial charge in [0.25, 0.3) is 20.2 Å². The van der Waals surface area contributed by atoms with Crippen molar-refractivity contribution in [1.82, 2.24) is 0 Å². The fraction of sp³-hybridized carbons (Fsp3) is 0.455. The molecule has 0 aliphatic heterocycles. The molecule has 164 valence electrons. The topological polar surface area (TPSA) is 86.7 Å². The van der Waals surface area contributed by atoms with Gasteiger partial charge in [-0.15, -0.1) is 0 Å². The van der Waals surface area contributed by atoms with Crippen LogP contribution in [0.15, 0.2) is 58.3 Å². The first kappa shape index (κ1) is 22.9. The molecule has 6 nitrogen and oxygen atoms in total. The van der Waals surface area contributed by atoms with Crippen LogP contribution in [0.5, 0.6) is 0 Å². The van der Waals surface area contributed by atoms with E-state index in [2.05, 4.69) is 0 Å². The Balaban J connectivity index is 1.56. The second-order valence-corrected chi connectivity index (χ2v) is 11.0. The number of hydrogen-bond donors (Lipinski definition) is 0. The molecule has 8 heteroatoms. The average Bonchev–Trinajstić information content (AvgIpc) is 2.66. The van der Waals surface area contributed by atoms with E-state index in [1.165, 1.54) is 0 Å². The first-order chi connectivity index (χ1) is 14.2. The minimum Gasteiger partial charge on any atom is -0.263 e. The first-order valence-corrected chi connectivity index (χ1v) is 13.0. The van der Waals surface area contributed by atoms with Crippen LogP contribution >= 0.6 is 0 Å². The predicted octanol–water partition coefficient (Wildman–Crippen LogP) is 4.51. The van der Waals surface area contributed by atoms with Crippen molar-refractivity contribution >= 4 is 20.2 Å². The molecule has 2 aromatic carbocycles. The molecule has 0 saturated heterocycles. The van der Waals surface area contributed by atoms with Gasteiger partial charge >= 0.3 is 0 Å². The number of benzene rings is 2. The first-order valence-electron chi connectivity index (χ1n) is 10.2. The molecule has 0 atom stereocenters. The van der Waals surface area contributed by atoms with Gasteiger partial charge in [-0.05, 0) is 76.6 Å². The molecule has 3 rings (SSSR count). The van der Waals surface area contributed by atoms with Crippen LogP contribution in [-0.2, 0) is 28.6 Å². The highest BCUT2D eigenvalue weighted by Gasteiger charge is 2.27. The maximum Gasteiger partial charge on any atom is 0.297 e. The third-order valence-corrected chi connectivity index (χ3v) is 8.00. The van der Waals surface area contributed by atoms with Crippen molar-refractivity contribution in [2.75, 3.05) is 0 Å². The lowest BCUT2D eigenvalue weighted by atomic mass is 9.97. The molecule has 1 saturated carbocycles. The van der Waals surface area contributed by atoms with E-state index >= 15 is 0 Å². The summed E-state index contributed by atoms with van der Waals surface area (Å²) in [5, 5.41) is 0. The van der Waals surface area contributed by atoms with E-state index < -0.39 is 32.4 Å². The van der Waals surface area contributed by atoms with Crippen LogP contribution in [0.25, 0.3) is 0 Å². The van der Waals surface area contributed by atoms with Crippen LogP contribution in [-0.4, -0.2) is 29.0 Å². The van der Waals surface area contributed by atoms with Gasteiger partial charge in [0.15, 0.2) is 0 Å². The summed E-state index contributed by atoms with van der Waals surface area (Å²) in [6.45, 7) is 3.78. The zero-order valence-electron chi connectivity index (χ0n) is 17.3. The van der Waals surface area contributed by atoms with Crippen molar-refractivity contribution in [2.45, 2.75) is 74.4 Å². The highest BCUT2D eigenvalue weighted by atomic mass is 32.2. The van der Waals surface area contributed by atoms with Crippen molar-refractivity contribution < 1.29 is 25.2 Å². The zero-order chi connectivity index (χ0) is 21.8. The molecule has 0 N–H and O–H groups in total. The molecular weight excluding hydrogens is 424 g/mol. The highest BCUT2D eigenvalue weighted by molar-refractivity contribution is 7.87. The highest BCUT2D eigenvalue weighted by Crippen LogP contribution is 2.27. The molecule has 1 fully saturated rings. The second kappa shape index (κ2) is 9.60. The van der Waals surface area contributed by atoms with E-state index in [0.29, 0.717) is 38.5 Å². The molecule has 0 radical (unpaired) electrons. The summed E-state index contributed by atoms with van der Waals surface area (Å²) in [5.74, 6) is 0. The fourth-order valence-corrected chi connectivity index (χ4v) is 5.77. The van der Waals surface area contributed by atoms with Crippen molar-refractivity contribution in [3.8, 4) is 0 Å². The fourth-order valence-electron chi connectivity index (χ4n) is 3.51. The van der Waals surface area contributed by atoms with Crippen molar-refractivity contribution in [2.24, 2.45) is 0 Å². The van der Waals surface area contributed by atoms with E-state index in [1.807, 2.05) is 13.8 Å².